The molecule has 10 nitrogen and oxygen atoms in total. The van der Waals surface area contributed by atoms with E-state index in [-0.39, 0.29) is 29.9 Å². The average Bonchev–Trinajstić information content (AvgIpc) is 2.73. The van der Waals surface area contributed by atoms with Gasteiger partial charge in [-0.1, -0.05) is 17.9 Å². The molecule has 0 radical (unpaired) electrons. The molecule has 0 aliphatic carbocycles. The van der Waals surface area contributed by atoms with Crippen LogP contribution in [0.5, 0.6) is 23.0 Å². The van der Waals surface area contributed by atoms with Gasteiger partial charge in [0.1, 0.15) is 41.7 Å². The first kappa shape index (κ1) is 22.8. The molecular formula is C21H23O10-. The van der Waals surface area contributed by atoms with E-state index in [4.69, 9.17) is 9.47 Å². The average molecular weight is 435 g/mol. The maximum absolute atomic E-state index is 12.8. The third kappa shape index (κ3) is 5.06. The zero-order chi connectivity index (χ0) is 22.7. The topological polar surface area (TPSA) is 180 Å². The van der Waals surface area contributed by atoms with Crippen molar-refractivity contribution in [3.63, 3.8) is 0 Å². The number of phenolic OH excluding ortho intramolecular Hbond substituents is 2. The second kappa shape index (κ2) is 9.50. The molecule has 6 N–H and O–H groups in total. The molecule has 1 heterocycles. The van der Waals surface area contributed by atoms with Crippen molar-refractivity contribution in [3.8, 4) is 23.0 Å². The van der Waals surface area contributed by atoms with E-state index in [0.29, 0.717) is 0 Å². The van der Waals surface area contributed by atoms with E-state index in [1.54, 1.807) is 12.1 Å². The van der Waals surface area contributed by atoms with Crippen LogP contribution in [-0.2, 0) is 11.2 Å². The van der Waals surface area contributed by atoms with Crippen LogP contribution in [0.25, 0.3) is 0 Å². The van der Waals surface area contributed by atoms with E-state index >= 15 is 0 Å². The molecule has 0 amide bonds. The highest BCUT2D eigenvalue weighted by Crippen LogP contribution is 2.35. The lowest BCUT2D eigenvalue weighted by atomic mass is 9.99. The van der Waals surface area contributed by atoms with Crippen LogP contribution in [-0.4, -0.2) is 73.7 Å². The molecule has 168 valence electrons. The van der Waals surface area contributed by atoms with Crippen LogP contribution in [0.3, 0.4) is 0 Å². The summed E-state index contributed by atoms with van der Waals surface area (Å²) < 4.78 is 10.7. The van der Waals surface area contributed by atoms with Gasteiger partial charge in [-0.25, -0.2) is 0 Å². The van der Waals surface area contributed by atoms with Crippen LogP contribution in [0.15, 0.2) is 36.4 Å². The van der Waals surface area contributed by atoms with Crippen molar-refractivity contribution in [3.05, 3.63) is 47.5 Å². The predicted molar refractivity (Wildman–Crippen MR) is 103 cm³/mol. The number of aromatic hydroxyl groups is 2. The fourth-order valence-electron chi connectivity index (χ4n) is 3.28. The lowest BCUT2D eigenvalue weighted by Crippen LogP contribution is -2.60. The van der Waals surface area contributed by atoms with Gasteiger partial charge in [0.25, 0.3) is 0 Å². The minimum absolute atomic E-state index is 0.0747. The van der Waals surface area contributed by atoms with Crippen molar-refractivity contribution in [2.45, 2.75) is 43.5 Å². The Bertz CT molecular complexity index is 911. The van der Waals surface area contributed by atoms with Gasteiger partial charge in [0.2, 0.25) is 6.29 Å². The highest BCUT2D eigenvalue weighted by molar-refractivity contribution is 6.01. The van der Waals surface area contributed by atoms with Gasteiger partial charge >= 0.3 is 0 Å². The number of carbonyl (C=O) groups is 1. The van der Waals surface area contributed by atoms with Crippen molar-refractivity contribution >= 4 is 5.78 Å². The fourth-order valence-corrected chi connectivity index (χ4v) is 3.28. The Balaban J connectivity index is 1.82. The highest BCUT2D eigenvalue weighted by atomic mass is 16.7. The van der Waals surface area contributed by atoms with Gasteiger partial charge < -0.3 is 45.2 Å². The van der Waals surface area contributed by atoms with Crippen molar-refractivity contribution < 1.29 is 50.0 Å². The molecule has 1 saturated heterocycles. The summed E-state index contributed by atoms with van der Waals surface area (Å²) >= 11 is 0. The summed E-state index contributed by atoms with van der Waals surface area (Å²) in [6, 6.07) is 8.02. The van der Waals surface area contributed by atoms with Gasteiger partial charge in [-0.15, -0.1) is 0 Å². The number of Topliss-reactive ketones (excluding diaryl/α,β-unsaturated/α-hetero) is 1. The molecule has 1 aliphatic rings. The summed E-state index contributed by atoms with van der Waals surface area (Å²) in [7, 11) is 0. The maximum Gasteiger partial charge on any atom is 0.229 e. The van der Waals surface area contributed by atoms with Crippen LogP contribution in [0.2, 0.25) is 0 Å². The third-order valence-corrected chi connectivity index (χ3v) is 5.00. The van der Waals surface area contributed by atoms with Crippen molar-refractivity contribution in [1.29, 1.82) is 0 Å². The van der Waals surface area contributed by atoms with Gasteiger partial charge in [-0.3, -0.25) is 4.79 Å². The van der Waals surface area contributed by atoms with E-state index in [1.807, 2.05) is 0 Å². The normalized spacial score (nSPS) is 25.9. The zero-order valence-corrected chi connectivity index (χ0v) is 16.3. The summed E-state index contributed by atoms with van der Waals surface area (Å²) in [6.07, 6.45) is -7.77. The number of rotatable bonds is 7. The summed E-state index contributed by atoms with van der Waals surface area (Å²) in [5.41, 5.74) is 0.363. The first-order chi connectivity index (χ1) is 14.7. The number of aryl methyl sites for hydroxylation is 1. The molecule has 31 heavy (non-hydrogen) atoms. The number of phenols is 2. The zero-order valence-electron chi connectivity index (χ0n) is 16.3. The van der Waals surface area contributed by atoms with Crippen molar-refractivity contribution in [1.82, 2.24) is 0 Å². The van der Waals surface area contributed by atoms with Gasteiger partial charge in [0.15, 0.2) is 5.78 Å². The Labute approximate surface area is 177 Å². The van der Waals surface area contributed by atoms with Crippen molar-refractivity contribution in [2.24, 2.45) is 0 Å². The third-order valence-electron chi connectivity index (χ3n) is 5.00. The highest BCUT2D eigenvalue weighted by Gasteiger charge is 2.45. The van der Waals surface area contributed by atoms with Gasteiger partial charge in [-0.05, 0) is 30.2 Å². The second-order valence-corrected chi connectivity index (χ2v) is 7.22. The first-order valence-corrected chi connectivity index (χ1v) is 9.53. The number of aliphatic hydroxyl groups excluding tert-OH is 4. The predicted octanol–water partition coefficient (Wildman–Crippen LogP) is -0.834. The summed E-state index contributed by atoms with van der Waals surface area (Å²) in [5, 5.41) is 70.7. The Hall–Kier alpha value is -2.89. The Kier molecular flexibility index (Phi) is 6.98. The molecule has 0 spiro atoms. The molecule has 10 heteroatoms. The number of carbonyl (C=O) groups excluding carboxylic acids is 1. The van der Waals surface area contributed by atoms with E-state index in [1.165, 1.54) is 12.1 Å². The van der Waals surface area contributed by atoms with Gasteiger partial charge in [-0.2, -0.15) is 0 Å². The summed E-state index contributed by atoms with van der Waals surface area (Å²) in [4.78, 5) is 12.8. The van der Waals surface area contributed by atoms with Crippen LogP contribution in [0.4, 0.5) is 0 Å². The summed E-state index contributed by atoms with van der Waals surface area (Å²) in [5.74, 6) is -2.19. The number of ether oxygens (including phenoxy) is 2. The second-order valence-electron chi connectivity index (χ2n) is 7.22. The smallest absolute Gasteiger partial charge is 0.229 e. The largest absolute Gasteiger partial charge is 0.872 e. The van der Waals surface area contributed by atoms with Crippen LogP contribution >= 0.6 is 0 Å². The molecule has 0 saturated carbocycles. The lowest BCUT2D eigenvalue weighted by Gasteiger charge is -2.39. The van der Waals surface area contributed by atoms with E-state index in [2.05, 4.69) is 0 Å². The molecule has 5 atom stereocenters. The molecule has 0 unspecified atom stereocenters. The molecule has 2 aromatic rings. The molecule has 0 aromatic heterocycles. The Morgan fingerprint density at radius 2 is 1.68 bits per heavy atom. The minimum atomic E-state index is -1.75. The molecule has 1 aliphatic heterocycles. The number of aliphatic hydroxyl groups is 4. The van der Waals surface area contributed by atoms with Crippen LogP contribution in [0, 0.1) is 0 Å². The van der Waals surface area contributed by atoms with Crippen molar-refractivity contribution in [2.75, 3.05) is 6.61 Å². The number of hydrogen-bond donors (Lipinski definition) is 6. The maximum atomic E-state index is 12.8. The first-order valence-electron chi connectivity index (χ1n) is 9.53. The van der Waals surface area contributed by atoms with Crippen LogP contribution < -0.4 is 9.84 Å². The molecule has 0 bridgehead atoms. The number of benzene rings is 2. The molecule has 1 fully saturated rings. The minimum Gasteiger partial charge on any atom is -0.872 e. The van der Waals surface area contributed by atoms with Gasteiger partial charge in [0.05, 0.1) is 12.2 Å². The standard InChI is InChI=1S/C21H24O10/c22-9-16-18(27)19(28)20(29)21(31-16)30-15-8-12(24)7-14(26)17(15)13(25)6-3-10-1-4-11(23)5-2-10/h1-2,4-5,7-8,16,18-24,26-29H,3,6,9H2/p-1/t16-,18-,19+,20-,21-/m1/s1. The monoisotopic (exact) mass is 435 g/mol. The summed E-state index contributed by atoms with van der Waals surface area (Å²) in [6.45, 7) is -0.684. The molecule has 3 rings (SSSR count). The Morgan fingerprint density at radius 3 is 2.32 bits per heavy atom. The molecule has 2 aromatic carbocycles. The molecular weight excluding hydrogens is 412 g/mol. The quantitative estimate of drug-likeness (QED) is 0.300. The van der Waals surface area contributed by atoms with E-state index in [9.17, 15) is 40.5 Å². The lowest BCUT2D eigenvalue weighted by molar-refractivity contribution is -0.279. The van der Waals surface area contributed by atoms with E-state index in [0.717, 1.165) is 17.7 Å². The SMILES string of the molecule is O=C(CCc1ccc(O)cc1)c1c([O-])cc(O)cc1O[C@@H]1O[C@H](CO)[C@@H](O)[C@H](O)[C@H]1O. The number of hydrogen-bond acceptors (Lipinski definition) is 10. The fraction of sp³-hybridized carbons (Fsp3) is 0.381. The van der Waals surface area contributed by atoms with E-state index < -0.39 is 54.6 Å². The van der Waals surface area contributed by atoms with Crippen LogP contribution in [0.1, 0.15) is 22.3 Å². The number of ketones is 1. The Morgan fingerprint density at radius 1 is 1.00 bits per heavy atom. The van der Waals surface area contributed by atoms with Gasteiger partial charge in [0, 0.05) is 12.5 Å².